The molecule has 1 atom stereocenters. The number of hydrogen-bond acceptors (Lipinski definition) is 3. The zero-order chi connectivity index (χ0) is 25.4. The van der Waals surface area contributed by atoms with Gasteiger partial charge in [0.05, 0.1) is 0 Å². The molecule has 0 saturated heterocycles. The SMILES string of the molecule is Cc1cc(OCC(=O)N(Cc2ccccc2)[C@H](Cc2ccccc2)C(=O)NC(C)C)cc(C)c1Br. The van der Waals surface area contributed by atoms with E-state index in [-0.39, 0.29) is 24.5 Å². The number of ether oxygens (including phenoxy) is 1. The van der Waals surface area contributed by atoms with Crippen LogP contribution in [0, 0.1) is 13.8 Å². The maximum absolute atomic E-state index is 13.6. The van der Waals surface area contributed by atoms with Crippen molar-refractivity contribution in [3.63, 3.8) is 0 Å². The molecule has 1 N–H and O–H groups in total. The van der Waals surface area contributed by atoms with Crippen molar-refractivity contribution in [2.75, 3.05) is 6.61 Å². The first-order chi connectivity index (χ1) is 16.7. The van der Waals surface area contributed by atoms with E-state index >= 15 is 0 Å². The average molecular weight is 537 g/mol. The Bertz CT molecular complexity index is 1110. The van der Waals surface area contributed by atoms with E-state index in [4.69, 9.17) is 4.74 Å². The first kappa shape index (κ1) is 26.5. The largest absolute Gasteiger partial charge is 0.484 e. The molecule has 6 heteroatoms. The van der Waals surface area contributed by atoms with Gasteiger partial charge in [-0.05, 0) is 62.1 Å². The maximum atomic E-state index is 13.6. The first-order valence-corrected chi connectivity index (χ1v) is 12.6. The second kappa shape index (κ2) is 12.5. The molecule has 3 aromatic rings. The molecule has 0 aliphatic heterocycles. The molecule has 0 aliphatic rings. The van der Waals surface area contributed by atoms with Gasteiger partial charge in [-0.25, -0.2) is 0 Å². The van der Waals surface area contributed by atoms with Gasteiger partial charge >= 0.3 is 0 Å². The number of rotatable bonds is 10. The molecule has 0 bridgehead atoms. The summed E-state index contributed by atoms with van der Waals surface area (Å²) < 4.78 is 6.94. The van der Waals surface area contributed by atoms with E-state index in [0.29, 0.717) is 18.7 Å². The van der Waals surface area contributed by atoms with Crippen LogP contribution in [0.2, 0.25) is 0 Å². The third-order valence-corrected chi connectivity index (χ3v) is 6.92. The van der Waals surface area contributed by atoms with Crippen LogP contribution in [-0.2, 0) is 22.6 Å². The van der Waals surface area contributed by atoms with E-state index in [9.17, 15) is 9.59 Å². The van der Waals surface area contributed by atoms with Crippen molar-refractivity contribution in [1.29, 1.82) is 0 Å². The Labute approximate surface area is 216 Å². The molecule has 0 saturated carbocycles. The fourth-order valence-corrected chi connectivity index (χ4v) is 4.16. The molecule has 0 heterocycles. The van der Waals surface area contributed by atoms with Gasteiger partial charge < -0.3 is 15.0 Å². The molecule has 35 heavy (non-hydrogen) atoms. The Kier molecular flexibility index (Phi) is 9.49. The maximum Gasteiger partial charge on any atom is 0.261 e. The van der Waals surface area contributed by atoms with Gasteiger partial charge in [-0.15, -0.1) is 0 Å². The van der Waals surface area contributed by atoms with Crippen molar-refractivity contribution < 1.29 is 14.3 Å². The summed E-state index contributed by atoms with van der Waals surface area (Å²) in [6.07, 6.45) is 0.411. The highest BCUT2D eigenvalue weighted by molar-refractivity contribution is 9.10. The number of halogens is 1. The number of amides is 2. The van der Waals surface area contributed by atoms with Gasteiger partial charge in [0.1, 0.15) is 11.8 Å². The lowest BCUT2D eigenvalue weighted by molar-refractivity contribution is -0.143. The molecule has 0 unspecified atom stereocenters. The molecule has 0 radical (unpaired) electrons. The van der Waals surface area contributed by atoms with Crippen LogP contribution in [0.25, 0.3) is 0 Å². The average Bonchev–Trinajstić information content (AvgIpc) is 2.84. The monoisotopic (exact) mass is 536 g/mol. The predicted octanol–water partition coefficient (Wildman–Crippen LogP) is 5.61. The zero-order valence-electron chi connectivity index (χ0n) is 20.8. The second-order valence-electron chi connectivity index (χ2n) is 9.04. The second-order valence-corrected chi connectivity index (χ2v) is 9.83. The molecule has 0 aromatic heterocycles. The summed E-state index contributed by atoms with van der Waals surface area (Å²) in [5, 5.41) is 3.00. The van der Waals surface area contributed by atoms with Crippen molar-refractivity contribution in [2.24, 2.45) is 0 Å². The van der Waals surface area contributed by atoms with Gasteiger partial charge in [0.25, 0.3) is 5.91 Å². The standard InChI is InChI=1S/C29H33BrN2O3/c1-20(2)31-29(34)26(17-23-11-7-5-8-12-23)32(18-24-13-9-6-10-14-24)27(33)19-35-25-15-21(3)28(30)22(4)16-25/h5-16,20,26H,17-19H2,1-4H3,(H,31,34)/t26-/m1/s1. The highest BCUT2D eigenvalue weighted by Crippen LogP contribution is 2.26. The number of carbonyl (C=O) groups is 2. The van der Waals surface area contributed by atoms with Crippen molar-refractivity contribution >= 4 is 27.7 Å². The Hall–Kier alpha value is -3.12. The van der Waals surface area contributed by atoms with Gasteiger partial charge in [-0.1, -0.05) is 76.6 Å². The molecule has 5 nitrogen and oxygen atoms in total. The van der Waals surface area contributed by atoms with Crippen LogP contribution in [0.4, 0.5) is 0 Å². The highest BCUT2D eigenvalue weighted by Gasteiger charge is 2.31. The minimum absolute atomic E-state index is 0.0422. The van der Waals surface area contributed by atoms with Crippen LogP contribution in [-0.4, -0.2) is 35.4 Å². The van der Waals surface area contributed by atoms with Crippen LogP contribution < -0.4 is 10.1 Å². The van der Waals surface area contributed by atoms with Crippen molar-refractivity contribution in [3.05, 3.63) is 99.5 Å². The molecule has 0 aliphatic carbocycles. The first-order valence-electron chi connectivity index (χ1n) is 11.8. The summed E-state index contributed by atoms with van der Waals surface area (Å²) >= 11 is 3.56. The van der Waals surface area contributed by atoms with E-state index < -0.39 is 6.04 Å². The lowest BCUT2D eigenvalue weighted by Crippen LogP contribution is -2.52. The highest BCUT2D eigenvalue weighted by atomic mass is 79.9. The van der Waals surface area contributed by atoms with E-state index in [1.807, 2.05) is 100 Å². The Morgan fingerprint density at radius 3 is 2.00 bits per heavy atom. The van der Waals surface area contributed by atoms with E-state index in [2.05, 4.69) is 21.2 Å². The van der Waals surface area contributed by atoms with Crippen molar-refractivity contribution in [2.45, 2.75) is 52.7 Å². The molecular formula is C29H33BrN2O3. The van der Waals surface area contributed by atoms with Crippen LogP contribution >= 0.6 is 15.9 Å². The summed E-state index contributed by atoms with van der Waals surface area (Å²) in [5.41, 5.74) is 4.01. The zero-order valence-corrected chi connectivity index (χ0v) is 22.3. The Morgan fingerprint density at radius 2 is 1.46 bits per heavy atom. The van der Waals surface area contributed by atoms with Gasteiger partial charge in [0, 0.05) is 23.5 Å². The number of carbonyl (C=O) groups excluding carboxylic acids is 2. The third-order valence-electron chi connectivity index (χ3n) is 5.67. The molecular weight excluding hydrogens is 504 g/mol. The normalized spacial score (nSPS) is 11.7. The number of aryl methyl sites for hydroxylation is 2. The lowest BCUT2D eigenvalue weighted by Gasteiger charge is -2.32. The summed E-state index contributed by atoms with van der Waals surface area (Å²) in [4.78, 5) is 28.6. The fourth-order valence-electron chi connectivity index (χ4n) is 3.93. The van der Waals surface area contributed by atoms with Crippen LogP contribution in [0.3, 0.4) is 0 Å². The van der Waals surface area contributed by atoms with Crippen LogP contribution in [0.5, 0.6) is 5.75 Å². The Balaban J connectivity index is 1.90. The molecule has 3 rings (SSSR count). The van der Waals surface area contributed by atoms with Crippen molar-refractivity contribution in [1.82, 2.24) is 10.2 Å². The molecule has 3 aromatic carbocycles. The minimum Gasteiger partial charge on any atom is -0.484 e. The lowest BCUT2D eigenvalue weighted by atomic mass is 10.0. The molecule has 184 valence electrons. The molecule has 0 fully saturated rings. The van der Waals surface area contributed by atoms with Crippen LogP contribution in [0.1, 0.15) is 36.1 Å². The van der Waals surface area contributed by atoms with E-state index in [1.54, 1.807) is 4.90 Å². The van der Waals surface area contributed by atoms with Crippen molar-refractivity contribution in [3.8, 4) is 5.75 Å². The number of benzene rings is 3. The third kappa shape index (κ3) is 7.69. The van der Waals surface area contributed by atoms with E-state index in [0.717, 1.165) is 26.7 Å². The Morgan fingerprint density at radius 1 is 0.914 bits per heavy atom. The number of hydrogen-bond donors (Lipinski definition) is 1. The van der Waals surface area contributed by atoms with Gasteiger partial charge in [0.2, 0.25) is 5.91 Å². The van der Waals surface area contributed by atoms with Gasteiger partial charge in [-0.2, -0.15) is 0 Å². The summed E-state index contributed by atoms with van der Waals surface area (Å²) in [5.74, 6) is 0.206. The topological polar surface area (TPSA) is 58.6 Å². The molecule has 2 amide bonds. The predicted molar refractivity (Wildman–Crippen MR) is 143 cm³/mol. The van der Waals surface area contributed by atoms with E-state index in [1.165, 1.54) is 0 Å². The number of nitrogens with one attached hydrogen (secondary N) is 1. The van der Waals surface area contributed by atoms with Crippen LogP contribution in [0.15, 0.2) is 77.3 Å². The van der Waals surface area contributed by atoms with Gasteiger partial charge in [-0.3, -0.25) is 9.59 Å². The quantitative estimate of drug-likeness (QED) is 0.366. The van der Waals surface area contributed by atoms with Gasteiger partial charge in [0.15, 0.2) is 6.61 Å². The minimum atomic E-state index is -0.676. The summed E-state index contributed by atoms with van der Waals surface area (Å²) in [7, 11) is 0. The summed E-state index contributed by atoms with van der Waals surface area (Å²) in [6.45, 7) is 7.96. The smallest absolute Gasteiger partial charge is 0.261 e. The fraction of sp³-hybridized carbons (Fsp3) is 0.310. The summed E-state index contributed by atoms with van der Waals surface area (Å²) in [6, 6.07) is 22.6. The number of nitrogens with zero attached hydrogens (tertiary/aromatic N) is 1. The molecule has 0 spiro atoms.